The lowest BCUT2D eigenvalue weighted by atomic mass is 10.0. The van der Waals surface area contributed by atoms with Gasteiger partial charge in [0.25, 0.3) is 11.8 Å². The molecule has 0 spiro atoms. The first-order chi connectivity index (χ1) is 17.2. The SMILES string of the molecule is CCCN(CCC)S(=O)(=O)c1ccc(C(=O)Nc2sc3c(c2C(=O)NC)CCN(C(=O)OC)C3)cc1. The van der Waals surface area contributed by atoms with Crippen molar-refractivity contribution in [2.75, 3.05) is 39.1 Å². The first-order valence-corrected chi connectivity index (χ1v) is 14.0. The number of hydrogen-bond acceptors (Lipinski definition) is 7. The van der Waals surface area contributed by atoms with Crippen LogP contribution in [-0.4, -0.2) is 69.3 Å². The molecule has 1 aromatic heterocycles. The van der Waals surface area contributed by atoms with Gasteiger partial charge in [0.1, 0.15) is 5.00 Å². The Bertz CT molecular complexity index is 1220. The van der Waals surface area contributed by atoms with E-state index in [0.29, 0.717) is 49.5 Å². The first kappa shape index (κ1) is 27.6. The van der Waals surface area contributed by atoms with Gasteiger partial charge in [-0.25, -0.2) is 13.2 Å². The molecule has 0 fully saturated rings. The summed E-state index contributed by atoms with van der Waals surface area (Å²) in [7, 11) is -0.826. The molecule has 12 heteroatoms. The molecule has 0 aliphatic carbocycles. The highest BCUT2D eigenvalue weighted by molar-refractivity contribution is 7.89. The normalized spacial score (nSPS) is 13.3. The fourth-order valence-electron chi connectivity index (χ4n) is 4.10. The standard InChI is InChI=1S/C24H32N4O6S2/c1-5-12-28(13-6-2)36(32,33)17-9-7-16(8-10-17)21(29)26-23-20(22(30)25-3)18-11-14-27(24(31)34-4)15-19(18)35-23/h7-10H,5-6,11-15H2,1-4H3,(H,25,30)(H,26,29). The summed E-state index contributed by atoms with van der Waals surface area (Å²) in [6, 6.07) is 5.78. The predicted octanol–water partition coefficient (Wildman–Crippen LogP) is 3.30. The van der Waals surface area contributed by atoms with Crippen molar-refractivity contribution in [2.24, 2.45) is 0 Å². The fraction of sp³-hybridized carbons (Fsp3) is 0.458. The monoisotopic (exact) mass is 536 g/mol. The minimum atomic E-state index is -3.66. The van der Waals surface area contributed by atoms with Crippen LogP contribution >= 0.6 is 11.3 Å². The number of amides is 3. The minimum absolute atomic E-state index is 0.126. The number of ether oxygens (including phenoxy) is 1. The second kappa shape index (κ2) is 11.8. The Morgan fingerprint density at radius 1 is 1.08 bits per heavy atom. The van der Waals surface area contributed by atoms with Crippen molar-refractivity contribution < 1.29 is 27.5 Å². The van der Waals surface area contributed by atoms with Crippen molar-refractivity contribution in [3.8, 4) is 0 Å². The van der Waals surface area contributed by atoms with Crippen LogP contribution in [0.3, 0.4) is 0 Å². The highest BCUT2D eigenvalue weighted by Crippen LogP contribution is 2.37. The van der Waals surface area contributed by atoms with Crippen molar-refractivity contribution in [1.29, 1.82) is 0 Å². The molecule has 2 heterocycles. The van der Waals surface area contributed by atoms with Gasteiger partial charge >= 0.3 is 6.09 Å². The molecule has 0 radical (unpaired) electrons. The summed E-state index contributed by atoms with van der Waals surface area (Å²) in [6.45, 7) is 5.39. The topological polar surface area (TPSA) is 125 Å². The lowest BCUT2D eigenvalue weighted by Gasteiger charge is -2.25. The maximum absolute atomic E-state index is 13.0. The fourth-order valence-corrected chi connectivity index (χ4v) is 6.98. The number of carbonyl (C=O) groups is 3. The van der Waals surface area contributed by atoms with Gasteiger partial charge in [0.2, 0.25) is 10.0 Å². The third-order valence-corrected chi connectivity index (χ3v) is 8.92. The Kier molecular flexibility index (Phi) is 9.09. The van der Waals surface area contributed by atoms with Gasteiger partial charge in [-0.15, -0.1) is 11.3 Å². The lowest BCUT2D eigenvalue weighted by molar-refractivity contribution is 0.0962. The van der Waals surface area contributed by atoms with Crippen molar-refractivity contribution in [3.63, 3.8) is 0 Å². The average Bonchev–Trinajstić information content (AvgIpc) is 3.24. The maximum atomic E-state index is 13.0. The summed E-state index contributed by atoms with van der Waals surface area (Å²) in [4.78, 5) is 40.1. The van der Waals surface area contributed by atoms with Crippen LogP contribution in [0.1, 0.15) is 57.8 Å². The molecule has 196 valence electrons. The van der Waals surface area contributed by atoms with Gasteiger partial charge in [0, 0.05) is 37.1 Å². The van der Waals surface area contributed by atoms with Crippen molar-refractivity contribution >= 4 is 44.3 Å². The van der Waals surface area contributed by atoms with E-state index < -0.39 is 22.0 Å². The third kappa shape index (κ3) is 5.71. The Labute approximate surface area is 215 Å². The number of nitrogens with one attached hydrogen (secondary N) is 2. The molecule has 2 aromatic rings. The van der Waals surface area contributed by atoms with Crippen LogP contribution in [-0.2, 0) is 27.7 Å². The van der Waals surface area contributed by atoms with E-state index in [4.69, 9.17) is 4.74 Å². The van der Waals surface area contributed by atoms with E-state index in [1.807, 2.05) is 13.8 Å². The molecule has 0 saturated carbocycles. The van der Waals surface area contributed by atoms with Crippen LogP contribution in [0.15, 0.2) is 29.2 Å². The van der Waals surface area contributed by atoms with Crippen molar-refractivity contribution in [2.45, 2.75) is 44.6 Å². The van der Waals surface area contributed by atoms with E-state index >= 15 is 0 Å². The number of benzene rings is 1. The Morgan fingerprint density at radius 3 is 2.28 bits per heavy atom. The smallest absolute Gasteiger partial charge is 0.409 e. The molecular weight excluding hydrogens is 504 g/mol. The Morgan fingerprint density at radius 2 is 1.72 bits per heavy atom. The zero-order chi connectivity index (χ0) is 26.5. The molecule has 36 heavy (non-hydrogen) atoms. The number of thiophene rings is 1. The first-order valence-electron chi connectivity index (χ1n) is 11.8. The summed E-state index contributed by atoms with van der Waals surface area (Å²) in [5.74, 6) is -0.797. The van der Waals surface area contributed by atoms with Crippen molar-refractivity contribution in [1.82, 2.24) is 14.5 Å². The molecule has 10 nitrogen and oxygen atoms in total. The van der Waals surface area contributed by atoms with E-state index in [1.54, 1.807) is 0 Å². The number of fused-ring (bicyclic) bond motifs is 1. The molecule has 2 N–H and O–H groups in total. The van der Waals surface area contributed by atoms with Gasteiger partial charge in [-0.3, -0.25) is 9.59 Å². The van der Waals surface area contributed by atoms with Crippen molar-refractivity contribution in [3.05, 3.63) is 45.8 Å². The van der Waals surface area contributed by atoms with Crippen LogP contribution in [0.5, 0.6) is 0 Å². The van der Waals surface area contributed by atoms with E-state index in [-0.39, 0.29) is 22.9 Å². The molecule has 0 unspecified atom stereocenters. The lowest BCUT2D eigenvalue weighted by Crippen LogP contribution is -2.35. The van der Waals surface area contributed by atoms with Crippen LogP contribution < -0.4 is 10.6 Å². The number of carbonyl (C=O) groups excluding carboxylic acids is 3. The van der Waals surface area contributed by atoms with Gasteiger partial charge in [-0.05, 0) is 49.1 Å². The zero-order valence-corrected chi connectivity index (χ0v) is 22.6. The number of methoxy groups -OCH3 is 1. The number of nitrogens with zero attached hydrogens (tertiary/aromatic N) is 2. The molecule has 1 aromatic carbocycles. The maximum Gasteiger partial charge on any atom is 0.409 e. The Hall–Kier alpha value is -2.96. The highest BCUT2D eigenvalue weighted by Gasteiger charge is 2.30. The summed E-state index contributed by atoms with van der Waals surface area (Å²) >= 11 is 1.24. The van der Waals surface area contributed by atoms with Gasteiger partial charge in [-0.2, -0.15) is 4.31 Å². The molecule has 3 amide bonds. The van der Waals surface area contributed by atoms with E-state index in [2.05, 4.69) is 10.6 Å². The second-order valence-electron chi connectivity index (χ2n) is 8.31. The Balaban J connectivity index is 1.85. The summed E-state index contributed by atoms with van der Waals surface area (Å²) in [6.07, 6.45) is 1.41. The molecule has 3 rings (SSSR count). The molecule has 1 aliphatic heterocycles. The minimum Gasteiger partial charge on any atom is -0.453 e. The summed E-state index contributed by atoms with van der Waals surface area (Å²) in [5.41, 5.74) is 1.43. The van der Waals surface area contributed by atoms with Gasteiger partial charge in [-0.1, -0.05) is 13.8 Å². The quantitative estimate of drug-likeness (QED) is 0.507. The zero-order valence-electron chi connectivity index (χ0n) is 20.9. The highest BCUT2D eigenvalue weighted by atomic mass is 32.2. The molecular formula is C24H32N4O6S2. The predicted molar refractivity (Wildman–Crippen MR) is 138 cm³/mol. The number of hydrogen-bond donors (Lipinski definition) is 2. The summed E-state index contributed by atoms with van der Waals surface area (Å²) in [5, 5.41) is 5.79. The summed E-state index contributed by atoms with van der Waals surface area (Å²) < 4.78 is 32.2. The van der Waals surface area contributed by atoms with Crippen LogP contribution in [0.25, 0.3) is 0 Å². The van der Waals surface area contributed by atoms with Crippen LogP contribution in [0.4, 0.5) is 9.80 Å². The number of rotatable bonds is 9. The van der Waals surface area contributed by atoms with Gasteiger partial charge in [0.05, 0.1) is 24.1 Å². The van der Waals surface area contributed by atoms with E-state index in [9.17, 15) is 22.8 Å². The number of sulfonamides is 1. The van der Waals surface area contributed by atoms with Gasteiger partial charge in [0.15, 0.2) is 0 Å². The second-order valence-corrected chi connectivity index (χ2v) is 11.4. The number of anilines is 1. The van der Waals surface area contributed by atoms with Gasteiger partial charge < -0.3 is 20.3 Å². The van der Waals surface area contributed by atoms with Crippen LogP contribution in [0, 0.1) is 0 Å². The molecule has 0 atom stereocenters. The largest absolute Gasteiger partial charge is 0.453 e. The van der Waals surface area contributed by atoms with E-state index in [0.717, 1.165) is 10.4 Å². The van der Waals surface area contributed by atoms with E-state index in [1.165, 1.54) is 59.0 Å². The van der Waals surface area contributed by atoms with Crippen LogP contribution in [0.2, 0.25) is 0 Å². The third-order valence-electron chi connectivity index (χ3n) is 5.87. The average molecular weight is 537 g/mol. The molecule has 0 saturated heterocycles. The molecule has 1 aliphatic rings. The molecule has 0 bridgehead atoms.